The SMILES string of the molecule is CCOc1cccc2cc(C(C)NC(=O)CNC(=O)c3ccccc3C)oc12. The summed E-state index contributed by atoms with van der Waals surface area (Å²) in [6.07, 6.45) is 0. The van der Waals surface area contributed by atoms with Gasteiger partial charge in [-0.15, -0.1) is 0 Å². The van der Waals surface area contributed by atoms with Gasteiger partial charge in [-0.1, -0.05) is 30.3 Å². The van der Waals surface area contributed by atoms with E-state index in [0.717, 1.165) is 10.9 Å². The second-order valence-corrected chi connectivity index (χ2v) is 6.54. The molecule has 1 atom stereocenters. The topological polar surface area (TPSA) is 80.6 Å². The van der Waals surface area contributed by atoms with E-state index in [9.17, 15) is 9.59 Å². The molecule has 0 spiro atoms. The van der Waals surface area contributed by atoms with Gasteiger partial charge < -0.3 is 19.8 Å². The zero-order valence-corrected chi connectivity index (χ0v) is 16.2. The Balaban J connectivity index is 1.61. The number of carbonyl (C=O) groups is 2. The third-order valence-electron chi connectivity index (χ3n) is 4.43. The van der Waals surface area contributed by atoms with Crippen LogP contribution in [0.15, 0.2) is 52.9 Å². The summed E-state index contributed by atoms with van der Waals surface area (Å²) in [5.41, 5.74) is 2.08. The number of para-hydroxylation sites is 1. The summed E-state index contributed by atoms with van der Waals surface area (Å²) in [6.45, 7) is 6.04. The number of ether oxygens (including phenoxy) is 1. The van der Waals surface area contributed by atoms with Gasteiger partial charge in [-0.25, -0.2) is 0 Å². The molecule has 28 heavy (non-hydrogen) atoms. The smallest absolute Gasteiger partial charge is 0.251 e. The molecule has 2 N–H and O–H groups in total. The standard InChI is InChI=1S/C22H24N2O4/c1-4-27-18-11-7-9-16-12-19(28-21(16)18)15(3)24-20(25)13-23-22(26)17-10-6-5-8-14(17)2/h5-12,15H,4,13H2,1-3H3,(H,23,26)(H,24,25). The number of fused-ring (bicyclic) bond motifs is 1. The van der Waals surface area contributed by atoms with E-state index in [1.165, 1.54) is 0 Å². The summed E-state index contributed by atoms with van der Waals surface area (Å²) in [5, 5.41) is 6.40. The van der Waals surface area contributed by atoms with Crippen molar-refractivity contribution in [1.82, 2.24) is 10.6 Å². The van der Waals surface area contributed by atoms with Gasteiger partial charge in [0.1, 0.15) is 5.76 Å². The van der Waals surface area contributed by atoms with Crippen LogP contribution >= 0.6 is 0 Å². The van der Waals surface area contributed by atoms with Crippen LogP contribution in [0.25, 0.3) is 11.0 Å². The molecule has 1 aromatic heterocycles. The molecule has 146 valence electrons. The Morgan fingerprint density at radius 3 is 2.68 bits per heavy atom. The number of hydrogen-bond acceptors (Lipinski definition) is 4. The van der Waals surface area contributed by atoms with Gasteiger partial charge in [0, 0.05) is 10.9 Å². The minimum Gasteiger partial charge on any atom is -0.490 e. The highest BCUT2D eigenvalue weighted by atomic mass is 16.5. The van der Waals surface area contributed by atoms with Gasteiger partial charge in [0.05, 0.1) is 19.2 Å². The van der Waals surface area contributed by atoms with Crippen LogP contribution in [-0.4, -0.2) is 25.0 Å². The number of carbonyl (C=O) groups excluding carboxylic acids is 2. The highest BCUT2D eigenvalue weighted by Crippen LogP contribution is 2.31. The molecular formula is C22H24N2O4. The Morgan fingerprint density at radius 2 is 1.93 bits per heavy atom. The Morgan fingerprint density at radius 1 is 1.14 bits per heavy atom. The Kier molecular flexibility index (Phi) is 5.99. The Hall–Kier alpha value is -3.28. The van der Waals surface area contributed by atoms with Crippen LogP contribution in [0.4, 0.5) is 0 Å². The number of furan rings is 1. The van der Waals surface area contributed by atoms with Gasteiger partial charge in [-0.05, 0) is 44.5 Å². The molecule has 0 radical (unpaired) electrons. The van der Waals surface area contributed by atoms with E-state index in [4.69, 9.17) is 9.15 Å². The number of aryl methyl sites for hydroxylation is 1. The highest BCUT2D eigenvalue weighted by molar-refractivity contribution is 5.97. The van der Waals surface area contributed by atoms with Gasteiger partial charge in [-0.3, -0.25) is 9.59 Å². The average Bonchev–Trinajstić information content (AvgIpc) is 3.12. The lowest BCUT2D eigenvalue weighted by Gasteiger charge is -2.12. The van der Waals surface area contributed by atoms with Crippen molar-refractivity contribution in [2.45, 2.75) is 26.8 Å². The summed E-state index contributed by atoms with van der Waals surface area (Å²) in [4.78, 5) is 24.5. The normalized spacial score (nSPS) is 11.8. The van der Waals surface area contributed by atoms with Crippen molar-refractivity contribution in [2.24, 2.45) is 0 Å². The predicted molar refractivity (Wildman–Crippen MR) is 107 cm³/mol. The molecule has 0 fully saturated rings. The van der Waals surface area contributed by atoms with Gasteiger partial charge in [0.25, 0.3) is 5.91 Å². The first-order valence-electron chi connectivity index (χ1n) is 9.28. The molecule has 0 saturated heterocycles. The quantitative estimate of drug-likeness (QED) is 0.654. The lowest BCUT2D eigenvalue weighted by molar-refractivity contribution is -0.120. The summed E-state index contributed by atoms with van der Waals surface area (Å²) in [5.74, 6) is 0.738. The molecular weight excluding hydrogens is 356 g/mol. The van der Waals surface area contributed by atoms with E-state index >= 15 is 0 Å². The summed E-state index contributed by atoms with van der Waals surface area (Å²) >= 11 is 0. The number of amides is 2. The van der Waals surface area contributed by atoms with E-state index in [1.54, 1.807) is 12.1 Å². The predicted octanol–water partition coefficient (Wildman–Crippen LogP) is 3.75. The first kappa shape index (κ1) is 19.5. The molecule has 0 aliphatic heterocycles. The number of nitrogens with one attached hydrogen (secondary N) is 2. The molecule has 6 nitrogen and oxygen atoms in total. The molecule has 2 aromatic carbocycles. The van der Waals surface area contributed by atoms with Crippen LogP contribution in [0.3, 0.4) is 0 Å². The fourth-order valence-corrected chi connectivity index (χ4v) is 2.99. The largest absolute Gasteiger partial charge is 0.490 e. The number of rotatable bonds is 7. The highest BCUT2D eigenvalue weighted by Gasteiger charge is 2.17. The second kappa shape index (κ2) is 8.61. The van der Waals surface area contributed by atoms with Crippen molar-refractivity contribution >= 4 is 22.8 Å². The van der Waals surface area contributed by atoms with Crippen LogP contribution in [0, 0.1) is 6.92 Å². The van der Waals surface area contributed by atoms with Gasteiger partial charge >= 0.3 is 0 Å². The lowest BCUT2D eigenvalue weighted by Crippen LogP contribution is -2.38. The average molecular weight is 380 g/mol. The van der Waals surface area contributed by atoms with Crippen molar-refractivity contribution in [3.05, 3.63) is 65.4 Å². The monoisotopic (exact) mass is 380 g/mol. The van der Waals surface area contributed by atoms with E-state index in [2.05, 4.69) is 10.6 Å². The first-order chi connectivity index (χ1) is 13.5. The molecule has 3 rings (SSSR count). The molecule has 0 aliphatic rings. The maximum absolute atomic E-state index is 12.2. The first-order valence-corrected chi connectivity index (χ1v) is 9.28. The van der Waals surface area contributed by atoms with Crippen LogP contribution in [0.5, 0.6) is 5.75 Å². The molecule has 3 aromatic rings. The summed E-state index contributed by atoms with van der Waals surface area (Å²) < 4.78 is 11.5. The minimum atomic E-state index is -0.343. The summed E-state index contributed by atoms with van der Waals surface area (Å²) in [6, 6.07) is 14.5. The van der Waals surface area contributed by atoms with E-state index in [1.807, 2.05) is 57.2 Å². The fraction of sp³-hybridized carbons (Fsp3) is 0.273. The van der Waals surface area contributed by atoms with Gasteiger partial charge in [0.2, 0.25) is 5.91 Å². The third-order valence-corrected chi connectivity index (χ3v) is 4.43. The zero-order chi connectivity index (χ0) is 20.1. The van der Waals surface area contributed by atoms with Crippen molar-refractivity contribution in [3.8, 4) is 5.75 Å². The molecule has 1 heterocycles. The number of hydrogen-bond donors (Lipinski definition) is 2. The molecule has 6 heteroatoms. The van der Waals surface area contributed by atoms with Crippen LogP contribution in [-0.2, 0) is 4.79 Å². The third kappa shape index (κ3) is 4.34. The van der Waals surface area contributed by atoms with E-state index in [0.29, 0.717) is 29.3 Å². The summed E-state index contributed by atoms with van der Waals surface area (Å²) in [7, 11) is 0. The van der Waals surface area contributed by atoms with Crippen molar-refractivity contribution in [3.63, 3.8) is 0 Å². The van der Waals surface area contributed by atoms with Crippen molar-refractivity contribution in [2.75, 3.05) is 13.2 Å². The van der Waals surface area contributed by atoms with Crippen LogP contribution in [0.1, 0.15) is 41.6 Å². The molecule has 2 amide bonds. The Bertz CT molecular complexity index is 993. The van der Waals surface area contributed by atoms with Gasteiger partial charge in [0.15, 0.2) is 11.3 Å². The molecule has 1 unspecified atom stereocenters. The van der Waals surface area contributed by atoms with E-state index in [-0.39, 0.29) is 24.4 Å². The maximum atomic E-state index is 12.2. The molecule has 0 aliphatic carbocycles. The Labute approximate surface area is 163 Å². The van der Waals surface area contributed by atoms with E-state index < -0.39 is 0 Å². The van der Waals surface area contributed by atoms with Crippen molar-refractivity contribution in [1.29, 1.82) is 0 Å². The van der Waals surface area contributed by atoms with Crippen molar-refractivity contribution < 1.29 is 18.7 Å². The zero-order valence-electron chi connectivity index (χ0n) is 16.2. The second-order valence-electron chi connectivity index (χ2n) is 6.54. The lowest BCUT2D eigenvalue weighted by atomic mass is 10.1. The van der Waals surface area contributed by atoms with Gasteiger partial charge in [-0.2, -0.15) is 0 Å². The maximum Gasteiger partial charge on any atom is 0.251 e. The van der Waals surface area contributed by atoms with Crippen LogP contribution in [0.2, 0.25) is 0 Å². The number of benzene rings is 2. The fourth-order valence-electron chi connectivity index (χ4n) is 2.99. The van der Waals surface area contributed by atoms with Crippen LogP contribution < -0.4 is 15.4 Å². The minimum absolute atomic E-state index is 0.109. The molecule has 0 saturated carbocycles. The molecule has 0 bridgehead atoms.